The first-order valence-electron chi connectivity index (χ1n) is 6.82. The summed E-state index contributed by atoms with van der Waals surface area (Å²) in [5, 5.41) is 9.77. The van der Waals surface area contributed by atoms with Crippen LogP contribution >= 0.6 is 11.5 Å². The Bertz CT molecular complexity index is 477. The molecule has 1 N–H and O–H groups in total. The molecule has 2 rings (SSSR count). The second-order valence-corrected chi connectivity index (χ2v) is 5.65. The van der Waals surface area contributed by atoms with Crippen LogP contribution in [0.25, 0.3) is 0 Å². The number of hydrogen-bond acceptors (Lipinski definition) is 4. The minimum absolute atomic E-state index is 0.153. The lowest BCUT2D eigenvalue weighted by molar-refractivity contribution is 0.585. The molecule has 0 fully saturated rings. The summed E-state index contributed by atoms with van der Waals surface area (Å²) in [7, 11) is 0. The highest BCUT2D eigenvalue weighted by Crippen LogP contribution is 2.23. The maximum absolute atomic E-state index is 4.21. The summed E-state index contributed by atoms with van der Waals surface area (Å²) in [6, 6.07) is 8.96. The fourth-order valence-corrected chi connectivity index (χ4v) is 2.53. The van der Waals surface area contributed by atoms with Crippen molar-refractivity contribution in [2.24, 2.45) is 0 Å². The molecule has 2 aromatic rings. The summed E-state index contributed by atoms with van der Waals surface area (Å²) in [4.78, 5) is 0. The quantitative estimate of drug-likeness (QED) is 0.872. The lowest BCUT2D eigenvalue weighted by Crippen LogP contribution is -2.23. The summed E-state index contributed by atoms with van der Waals surface area (Å²) in [5.74, 6) is 0.567. The van der Waals surface area contributed by atoms with Gasteiger partial charge in [0.25, 0.3) is 0 Å². The van der Waals surface area contributed by atoms with Gasteiger partial charge in [0.05, 0.1) is 11.7 Å². The molecule has 1 unspecified atom stereocenters. The van der Waals surface area contributed by atoms with Crippen LogP contribution in [0.3, 0.4) is 0 Å². The molecule has 1 aromatic heterocycles. The lowest BCUT2D eigenvalue weighted by atomic mass is 9.98. The minimum Gasteiger partial charge on any atom is -0.305 e. The molecule has 0 bridgehead atoms. The average molecular weight is 275 g/mol. The van der Waals surface area contributed by atoms with Gasteiger partial charge in [-0.05, 0) is 41.5 Å². The van der Waals surface area contributed by atoms with Crippen LogP contribution in [-0.4, -0.2) is 16.1 Å². The molecule has 4 heteroatoms. The van der Waals surface area contributed by atoms with E-state index in [1.807, 2.05) is 5.38 Å². The Morgan fingerprint density at radius 2 is 1.84 bits per heavy atom. The second-order valence-electron chi connectivity index (χ2n) is 5.04. The van der Waals surface area contributed by atoms with E-state index in [0.29, 0.717) is 5.92 Å². The summed E-state index contributed by atoms with van der Waals surface area (Å²) >= 11 is 1.40. The van der Waals surface area contributed by atoms with Gasteiger partial charge in [0.15, 0.2) is 0 Å². The van der Waals surface area contributed by atoms with E-state index in [1.54, 1.807) is 0 Å². The molecule has 1 atom stereocenters. The van der Waals surface area contributed by atoms with Crippen LogP contribution in [0.2, 0.25) is 0 Å². The minimum atomic E-state index is 0.153. The zero-order chi connectivity index (χ0) is 13.7. The van der Waals surface area contributed by atoms with Crippen LogP contribution in [0.1, 0.15) is 56.0 Å². The maximum Gasteiger partial charge on any atom is 0.0970 e. The van der Waals surface area contributed by atoms with Crippen molar-refractivity contribution < 1.29 is 0 Å². The van der Waals surface area contributed by atoms with Gasteiger partial charge in [0.1, 0.15) is 0 Å². The topological polar surface area (TPSA) is 37.8 Å². The van der Waals surface area contributed by atoms with Crippen molar-refractivity contribution in [3.63, 3.8) is 0 Å². The molecule has 0 aliphatic carbocycles. The van der Waals surface area contributed by atoms with Gasteiger partial charge in [0.2, 0.25) is 0 Å². The fourth-order valence-electron chi connectivity index (χ4n) is 2.05. The molecule has 0 aliphatic heterocycles. The number of nitrogens with one attached hydrogen (secondary N) is 1. The normalized spacial score (nSPS) is 12.8. The highest BCUT2D eigenvalue weighted by atomic mass is 32.1. The number of hydrogen-bond donors (Lipinski definition) is 1. The molecule has 0 saturated carbocycles. The van der Waals surface area contributed by atoms with Crippen LogP contribution in [-0.2, 0) is 0 Å². The highest BCUT2D eigenvalue weighted by Gasteiger charge is 2.16. The first-order valence-corrected chi connectivity index (χ1v) is 7.66. The predicted octanol–water partition coefficient (Wildman–Crippen LogP) is 3.75. The largest absolute Gasteiger partial charge is 0.305 e. The van der Waals surface area contributed by atoms with E-state index in [2.05, 4.69) is 59.9 Å². The van der Waals surface area contributed by atoms with Gasteiger partial charge in [-0.15, -0.1) is 5.10 Å². The molecule has 0 aliphatic rings. The van der Waals surface area contributed by atoms with Crippen LogP contribution in [0.15, 0.2) is 29.6 Å². The van der Waals surface area contributed by atoms with E-state index < -0.39 is 0 Å². The zero-order valence-electron chi connectivity index (χ0n) is 11.8. The summed E-state index contributed by atoms with van der Waals surface area (Å²) in [6.07, 6.45) is 1.11. The Labute approximate surface area is 119 Å². The van der Waals surface area contributed by atoms with E-state index in [9.17, 15) is 0 Å². The van der Waals surface area contributed by atoms with Crippen LogP contribution < -0.4 is 5.32 Å². The monoisotopic (exact) mass is 275 g/mol. The molecular formula is C15H21N3S. The van der Waals surface area contributed by atoms with Crippen LogP contribution in [0.4, 0.5) is 0 Å². The maximum atomic E-state index is 4.21. The molecule has 1 heterocycles. The Morgan fingerprint density at radius 3 is 2.37 bits per heavy atom. The SMILES string of the molecule is CCCNC(c1ccc(C(C)C)cc1)c1csnn1. The Balaban J connectivity index is 2.22. The van der Waals surface area contributed by atoms with Crippen molar-refractivity contribution >= 4 is 11.5 Å². The third-order valence-electron chi connectivity index (χ3n) is 3.21. The van der Waals surface area contributed by atoms with Crippen molar-refractivity contribution in [2.75, 3.05) is 6.54 Å². The average Bonchev–Trinajstić information content (AvgIpc) is 2.94. The summed E-state index contributed by atoms with van der Waals surface area (Å²) in [6.45, 7) is 7.58. The van der Waals surface area contributed by atoms with Gasteiger partial charge >= 0.3 is 0 Å². The van der Waals surface area contributed by atoms with E-state index in [-0.39, 0.29) is 6.04 Å². The third kappa shape index (κ3) is 3.61. The van der Waals surface area contributed by atoms with Crippen molar-refractivity contribution in [2.45, 2.75) is 39.2 Å². The van der Waals surface area contributed by atoms with Crippen molar-refractivity contribution in [3.05, 3.63) is 46.5 Å². The molecule has 0 radical (unpaired) electrons. The predicted molar refractivity (Wildman–Crippen MR) is 80.6 cm³/mol. The smallest absolute Gasteiger partial charge is 0.0970 e. The molecular weight excluding hydrogens is 254 g/mol. The number of nitrogens with zero attached hydrogens (tertiary/aromatic N) is 2. The van der Waals surface area contributed by atoms with E-state index in [0.717, 1.165) is 18.7 Å². The number of aromatic nitrogens is 2. The Kier molecular flexibility index (Phi) is 5.05. The van der Waals surface area contributed by atoms with Crippen molar-refractivity contribution in [1.82, 2.24) is 14.9 Å². The number of rotatable bonds is 6. The Morgan fingerprint density at radius 1 is 1.16 bits per heavy atom. The van der Waals surface area contributed by atoms with Gasteiger partial charge in [-0.1, -0.05) is 49.5 Å². The molecule has 3 nitrogen and oxygen atoms in total. The van der Waals surface area contributed by atoms with Gasteiger partial charge in [-0.25, -0.2) is 0 Å². The number of benzene rings is 1. The van der Waals surface area contributed by atoms with Gasteiger partial charge in [0, 0.05) is 5.38 Å². The molecule has 102 valence electrons. The lowest BCUT2D eigenvalue weighted by Gasteiger charge is -2.17. The van der Waals surface area contributed by atoms with Crippen LogP contribution in [0, 0.1) is 0 Å². The van der Waals surface area contributed by atoms with Gasteiger partial charge in [-0.3, -0.25) is 0 Å². The van der Waals surface area contributed by atoms with Gasteiger partial charge < -0.3 is 5.32 Å². The first-order chi connectivity index (χ1) is 9.22. The molecule has 0 saturated heterocycles. The molecule has 1 aromatic carbocycles. The van der Waals surface area contributed by atoms with E-state index in [1.165, 1.54) is 22.7 Å². The van der Waals surface area contributed by atoms with E-state index >= 15 is 0 Å². The summed E-state index contributed by atoms with van der Waals surface area (Å²) in [5.41, 5.74) is 3.63. The molecule has 0 amide bonds. The van der Waals surface area contributed by atoms with Gasteiger partial charge in [-0.2, -0.15) is 0 Å². The van der Waals surface area contributed by atoms with Crippen molar-refractivity contribution in [3.8, 4) is 0 Å². The standard InChI is InChI=1S/C15H21N3S/c1-4-9-16-15(14-10-19-18-17-14)13-7-5-12(6-8-13)11(2)3/h5-8,10-11,15-16H,4,9H2,1-3H3. The first kappa shape index (κ1) is 14.2. The van der Waals surface area contributed by atoms with Crippen LogP contribution in [0.5, 0.6) is 0 Å². The zero-order valence-corrected chi connectivity index (χ0v) is 12.6. The molecule has 0 spiro atoms. The Hall–Kier alpha value is -1.26. The second kappa shape index (κ2) is 6.78. The van der Waals surface area contributed by atoms with Crippen molar-refractivity contribution in [1.29, 1.82) is 0 Å². The summed E-state index contributed by atoms with van der Waals surface area (Å²) < 4.78 is 3.97. The fraction of sp³-hybridized carbons (Fsp3) is 0.467. The third-order valence-corrected chi connectivity index (χ3v) is 3.73. The molecule has 19 heavy (non-hydrogen) atoms. The van der Waals surface area contributed by atoms with E-state index in [4.69, 9.17) is 0 Å². The highest BCUT2D eigenvalue weighted by molar-refractivity contribution is 7.03.